The van der Waals surface area contributed by atoms with Crippen LogP contribution in [0.3, 0.4) is 0 Å². The van der Waals surface area contributed by atoms with Gasteiger partial charge in [-0.2, -0.15) is 0 Å². The molecule has 0 atom stereocenters. The van der Waals surface area contributed by atoms with Gasteiger partial charge in [0.25, 0.3) is 0 Å². The minimum atomic E-state index is -1.53. The van der Waals surface area contributed by atoms with Gasteiger partial charge in [-0.05, 0) is 69.9 Å². The molecule has 14 heteroatoms. The van der Waals surface area contributed by atoms with Crippen molar-refractivity contribution < 1.29 is 19.6 Å². The van der Waals surface area contributed by atoms with Gasteiger partial charge in [0.1, 0.15) is 15.6 Å². The SMILES string of the molecule is Brc1cnc2[nH]ccc2n1.C=CC(=O)Nc1cccc(-c2cnc3[nH]ccc3n2)c1.C=CC(=O)Nc1cccc(B(O)O)c1. The number of hydrogen-bond acceptors (Lipinski definition) is 8. The largest absolute Gasteiger partial charge is 0.488 e. The molecule has 0 saturated carbocycles. The summed E-state index contributed by atoms with van der Waals surface area (Å²) in [6.07, 6.45) is 9.36. The van der Waals surface area contributed by atoms with E-state index in [-0.39, 0.29) is 11.8 Å². The maximum absolute atomic E-state index is 11.3. The molecule has 2 amide bonds. The highest BCUT2D eigenvalue weighted by Gasteiger charge is 2.11. The second-order valence-corrected chi connectivity index (χ2v) is 9.65. The van der Waals surface area contributed by atoms with Gasteiger partial charge in [0.05, 0.1) is 18.1 Å². The molecule has 0 aliphatic heterocycles. The Morgan fingerprint density at radius 1 is 0.795 bits per heavy atom. The van der Waals surface area contributed by atoms with E-state index in [0.717, 1.165) is 44.3 Å². The molecule has 0 fully saturated rings. The van der Waals surface area contributed by atoms with Gasteiger partial charge in [-0.3, -0.25) is 9.59 Å². The highest BCUT2D eigenvalue weighted by molar-refractivity contribution is 9.10. The normalized spacial score (nSPS) is 10.1. The minimum absolute atomic E-state index is 0.241. The van der Waals surface area contributed by atoms with Crippen LogP contribution in [0.15, 0.2) is 115 Å². The van der Waals surface area contributed by atoms with Gasteiger partial charge in [-0.25, -0.2) is 19.9 Å². The Morgan fingerprint density at radius 3 is 1.98 bits per heavy atom. The lowest BCUT2D eigenvalue weighted by Gasteiger charge is -2.05. The van der Waals surface area contributed by atoms with Gasteiger partial charge in [-0.1, -0.05) is 37.4 Å². The molecule has 2 aromatic carbocycles. The van der Waals surface area contributed by atoms with Gasteiger partial charge >= 0.3 is 7.12 Å². The fraction of sp³-hybridized carbons (Fsp3) is 0. The summed E-state index contributed by atoms with van der Waals surface area (Å²) < 4.78 is 0.764. The molecule has 4 heterocycles. The summed E-state index contributed by atoms with van der Waals surface area (Å²) in [5.74, 6) is -0.580. The quantitative estimate of drug-likeness (QED) is 0.115. The lowest BCUT2D eigenvalue weighted by Crippen LogP contribution is -2.29. The van der Waals surface area contributed by atoms with Crippen LogP contribution in [0.1, 0.15) is 0 Å². The summed E-state index contributed by atoms with van der Waals surface area (Å²) >= 11 is 3.23. The van der Waals surface area contributed by atoms with Gasteiger partial charge in [0.2, 0.25) is 11.8 Å². The Hall–Kier alpha value is -5.44. The van der Waals surface area contributed by atoms with Crippen molar-refractivity contribution in [1.82, 2.24) is 29.9 Å². The number of halogens is 1. The highest BCUT2D eigenvalue weighted by atomic mass is 79.9. The second-order valence-electron chi connectivity index (χ2n) is 8.84. The number of nitrogens with zero attached hydrogens (tertiary/aromatic N) is 4. The lowest BCUT2D eigenvalue weighted by molar-refractivity contribution is -0.112. The van der Waals surface area contributed by atoms with Crippen LogP contribution in [0.25, 0.3) is 33.6 Å². The summed E-state index contributed by atoms with van der Waals surface area (Å²) in [5, 5.41) is 23.0. The van der Waals surface area contributed by atoms with Crippen molar-refractivity contribution in [1.29, 1.82) is 0 Å². The Morgan fingerprint density at radius 2 is 1.36 bits per heavy atom. The molecule has 0 unspecified atom stereocenters. The van der Waals surface area contributed by atoms with E-state index in [9.17, 15) is 9.59 Å². The maximum atomic E-state index is 11.3. The van der Waals surface area contributed by atoms with Crippen molar-refractivity contribution >= 4 is 74.0 Å². The van der Waals surface area contributed by atoms with Crippen molar-refractivity contribution in [3.8, 4) is 11.3 Å². The smallest absolute Gasteiger partial charge is 0.423 e. The summed E-state index contributed by atoms with van der Waals surface area (Å²) in [7, 11) is -1.53. The van der Waals surface area contributed by atoms with Crippen LogP contribution in [0.5, 0.6) is 0 Å². The van der Waals surface area contributed by atoms with Gasteiger partial charge in [0.15, 0.2) is 11.3 Å². The minimum Gasteiger partial charge on any atom is -0.423 e. The molecule has 44 heavy (non-hydrogen) atoms. The third-order valence-electron chi connectivity index (χ3n) is 5.74. The third kappa shape index (κ3) is 8.78. The van der Waals surface area contributed by atoms with E-state index >= 15 is 0 Å². The van der Waals surface area contributed by atoms with E-state index in [0.29, 0.717) is 16.8 Å². The third-order valence-corrected chi connectivity index (χ3v) is 6.12. The number of hydrogen-bond donors (Lipinski definition) is 6. The molecule has 0 aliphatic rings. The van der Waals surface area contributed by atoms with Crippen molar-refractivity contribution in [3.05, 3.63) is 115 Å². The molecule has 0 aliphatic carbocycles. The standard InChI is InChI=1S/C15H12N4O.C9H10BNO3.C6H4BrN3/c1-2-14(20)18-11-5-3-4-10(8-11)13-9-17-15-12(19-13)6-7-16-15;1-2-9(12)11-8-5-3-4-7(6-8)10(13)14;7-5-3-9-6-4(10-5)1-2-8-6/h2-9H,1H2,(H,16,17)(H,18,20);2-6,13-14H,1H2,(H,11,12);1-3H,(H,8,9). The molecule has 0 spiro atoms. The predicted molar refractivity (Wildman–Crippen MR) is 175 cm³/mol. The van der Waals surface area contributed by atoms with Crippen LogP contribution >= 0.6 is 15.9 Å². The van der Waals surface area contributed by atoms with Crippen molar-refractivity contribution in [3.63, 3.8) is 0 Å². The molecule has 6 aromatic rings. The van der Waals surface area contributed by atoms with Gasteiger partial charge < -0.3 is 30.6 Å². The summed E-state index contributed by atoms with van der Waals surface area (Å²) in [5.41, 5.74) is 6.44. The monoisotopic (exact) mass is 652 g/mol. The predicted octanol–water partition coefficient (Wildman–Crippen LogP) is 3.96. The van der Waals surface area contributed by atoms with E-state index < -0.39 is 7.12 Å². The van der Waals surface area contributed by atoms with Crippen LogP contribution in [-0.4, -0.2) is 58.9 Å². The fourth-order valence-electron chi connectivity index (χ4n) is 3.70. The number of carbonyl (C=O) groups excluding carboxylic acids is 2. The second kappa shape index (κ2) is 15.2. The molecule has 220 valence electrons. The van der Waals surface area contributed by atoms with E-state index in [4.69, 9.17) is 10.0 Å². The molecule has 4 aromatic heterocycles. The molecular formula is C30H26BBrN8O4. The molecule has 0 saturated heterocycles. The summed E-state index contributed by atoms with van der Waals surface area (Å²) in [6.45, 7) is 6.73. The number of H-pyrrole nitrogens is 2. The first kappa shape index (κ1) is 31.5. The van der Waals surface area contributed by atoms with Crippen molar-refractivity contribution in [2.75, 3.05) is 10.6 Å². The number of anilines is 2. The number of aromatic amines is 2. The van der Waals surface area contributed by atoms with E-state index in [2.05, 4.69) is 69.6 Å². The number of rotatable bonds is 6. The first-order valence-corrected chi connectivity index (χ1v) is 13.7. The molecule has 0 radical (unpaired) electrons. The van der Waals surface area contributed by atoms with Crippen LogP contribution in [0.2, 0.25) is 0 Å². The Kier molecular flexibility index (Phi) is 10.9. The van der Waals surface area contributed by atoms with Gasteiger partial charge in [0, 0.05) is 29.3 Å². The van der Waals surface area contributed by atoms with E-state index in [1.807, 2.05) is 42.6 Å². The van der Waals surface area contributed by atoms with Crippen LogP contribution in [-0.2, 0) is 9.59 Å². The van der Waals surface area contributed by atoms with Crippen molar-refractivity contribution in [2.24, 2.45) is 0 Å². The van der Waals surface area contributed by atoms with Gasteiger partial charge in [-0.15, -0.1) is 0 Å². The zero-order chi connectivity index (χ0) is 31.5. The fourth-order valence-corrected chi connectivity index (χ4v) is 3.99. The molecule has 0 bridgehead atoms. The molecule has 12 nitrogen and oxygen atoms in total. The summed E-state index contributed by atoms with van der Waals surface area (Å²) in [4.78, 5) is 45.2. The Balaban J connectivity index is 0.000000160. The number of nitrogens with one attached hydrogen (secondary N) is 4. The lowest BCUT2D eigenvalue weighted by atomic mass is 9.80. The molecule has 6 N–H and O–H groups in total. The van der Waals surface area contributed by atoms with Crippen LogP contribution < -0.4 is 16.1 Å². The van der Waals surface area contributed by atoms with Crippen molar-refractivity contribution in [2.45, 2.75) is 0 Å². The molecule has 6 rings (SSSR count). The van der Waals surface area contributed by atoms with E-state index in [1.165, 1.54) is 12.1 Å². The average molecular weight is 653 g/mol. The first-order valence-electron chi connectivity index (χ1n) is 12.9. The Bertz CT molecular complexity index is 1920. The number of benzene rings is 2. The number of aromatic nitrogens is 6. The number of amides is 2. The average Bonchev–Trinajstić information content (AvgIpc) is 3.71. The topological polar surface area (TPSA) is 182 Å². The van der Waals surface area contributed by atoms with Crippen LogP contribution in [0, 0.1) is 0 Å². The Labute approximate surface area is 260 Å². The zero-order valence-corrected chi connectivity index (χ0v) is 24.7. The zero-order valence-electron chi connectivity index (χ0n) is 23.1. The first-order chi connectivity index (χ1) is 21.2. The highest BCUT2D eigenvalue weighted by Crippen LogP contribution is 2.22. The maximum Gasteiger partial charge on any atom is 0.488 e. The number of fused-ring (bicyclic) bond motifs is 2. The number of carbonyl (C=O) groups is 2. The van der Waals surface area contributed by atoms with Crippen LogP contribution in [0.4, 0.5) is 11.4 Å². The molecular weight excluding hydrogens is 627 g/mol. The van der Waals surface area contributed by atoms with E-state index in [1.54, 1.807) is 36.8 Å². The summed E-state index contributed by atoms with van der Waals surface area (Å²) in [6, 6.07) is 17.5.